The van der Waals surface area contributed by atoms with Crippen molar-refractivity contribution in [2.45, 2.75) is 32.2 Å². The molecule has 1 atom stereocenters. The molecule has 1 aromatic rings. The van der Waals surface area contributed by atoms with Crippen molar-refractivity contribution in [3.05, 3.63) is 24.3 Å². The lowest BCUT2D eigenvalue weighted by molar-refractivity contribution is -0.115. The fourth-order valence-electron chi connectivity index (χ4n) is 2.42. The Labute approximate surface area is 115 Å². The van der Waals surface area contributed by atoms with Crippen LogP contribution < -0.4 is 10.6 Å². The highest BCUT2D eigenvalue weighted by molar-refractivity contribution is 5.90. The van der Waals surface area contributed by atoms with Crippen LogP contribution in [0.4, 0.5) is 11.4 Å². The standard InChI is InChI=1S/C15H23N3O/c1-3-15(19)17-13-8-6-12(7-9-13)16-14-5-4-10-18(2)11-14/h6-9,14,16H,3-5,10-11H2,1-2H3,(H,17,19). The summed E-state index contributed by atoms with van der Waals surface area (Å²) in [7, 11) is 2.16. The van der Waals surface area contributed by atoms with Gasteiger partial charge in [0.05, 0.1) is 0 Å². The lowest BCUT2D eigenvalue weighted by Crippen LogP contribution is -2.39. The third-order valence-electron chi connectivity index (χ3n) is 3.49. The van der Waals surface area contributed by atoms with Crippen LogP contribution in [-0.2, 0) is 4.79 Å². The summed E-state index contributed by atoms with van der Waals surface area (Å²) in [6.45, 7) is 4.14. The van der Waals surface area contributed by atoms with Gasteiger partial charge in [-0.1, -0.05) is 6.92 Å². The average molecular weight is 261 g/mol. The van der Waals surface area contributed by atoms with Crippen molar-refractivity contribution in [2.75, 3.05) is 30.8 Å². The molecule has 1 heterocycles. The van der Waals surface area contributed by atoms with Crippen LogP contribution in [0.15, 0.2) is 24.3 Å². The first-order chi connectivity index (χ1) is 9.17. The zero-order valence-electron chi connectivity index (χ0n) is 11.8. The number of amides is 1. The number of carbonyl (C=O) groups excluding carboxylic acids is 1. The van der Waals surface area contributed by atoms with E-state index in [0.717, 1.165) is 17.9 Å². The maximum absolute atomic E-state index is 11.3. The molecule has 0 aliphatic carbocycles. The normalized spacial score (nSPS) is 20.0. The summed E-state index contributed by atoms with van der Waals surface area (Å²) < 4.78 is 0. The van der Waals surface area contributed by atoms with E-state index in [4.69, 9.17) is 0 Å². The van der Waals surface area contributed by atoms with Crippen LogP contribution in [0.2, 0.25) is 0 Å². The predicted molar refractivity (Wildman–Crippen MR) is 79.5 cm³/mol. The molecule has 1 amide bonds. The van der Waals surface area contributed by atoms with E-state index < -0.39 is 0 Å². The van der Waals surface area contributed by atoms with Crippen LogP contribution in [0.25, 0.3) is 0 Å². The Hall–Kier alpha value is -1.55. The van der Waals surface area contributed by atoms with Gasteiger partial charge in [-0.05, 0) is 50.7 Å². The van der Waals surface area contributed by atoms with Gasteiger partial charge >= 0.3 is 0 Å². The molecule has 1 fully saturated rings. The molecule has 0 saturated carbocycles. The molecule has 104 valence electrons. The quantitative estimate of drug-likeness (QED) is 0.875. The maximum atomic E-state index is 11.3. The predicted octanol–water partition coefficient (Wildman–Crippen LogP) is 2.54. The van der Waals surface area contributed by atoms with Crippen molar-refractivity contribution < 1.29 is 4.79 Å². The van der Waals surface area contributed by atoms with Crippen LogP contribution in [-0.4, -0.2) is 37.0 Å². The monoisotopic (exact) mass is 261 g/mol. The highest BCUT2D eigenvalue weighted by Gasteiger charge is 2.16. The Morgan fingerprint density at radius 1 is 1.32 bits per heavy atom. The highest BCUT2D eigenvalue weighted by Crippen LogP contribution is 2.18. The molecule has 1 saturated heterocycles. The minimum Gasteiger partial charge on any atom is -0.381 e. The van der Waals surface area contributed by atoms with Gasteiger partial charge in [-0.2, -0.15) is 0 Å². The molecular formula is C15H23N3O. The Morgan fingerprint density at radius 2 is 2.00 bits per heavy atom. The summed E-state index contributed by atoms with van der Waals surface area (Å²) in [6, 6.07) is 8.47. The van der Waals surface area contributed by atoms with Gasteiger partial charge in [0.15, 0.2) is 0 Å². The fourth-order valence-corrected chi connectivity index (χ4v) is 2.42. The lowest BCUT2D eigenvalue weighted by atomic mass is 10.1. The zero-order valence-corrected chi connectivity index (χ0v) is 11.8. The van der Waals surface area contributed by atoms with Crippen LogP contribution in [0, 0.1) is 0 Å². The lowest BCUT2D eigenvalue weighted by Gasteiger charge is -2.30. The molecule has 0 spiro atoms. The van der Waals surface area contributed by atoms with Gasteiger partial charge in [0, 0.05) is 30.4 Å². The SMILES string of the molecule is CCC(=O)Nc1ccc(NC2CCCN(C)C2)cc1. The summed E-state index contributed by atoms with van der Waals surface area (Å²) in [6.07, 6.45) is 2.98. The number of carbonyl (C=O) groups is 1. The second-order valence-electron chi connectivity index (χ2n) is 5.22. The Balaban J connectivity index is 1.89. The molecule has 0 bridgehead atoms. The number of nitrogens with one attached hydrogen (secondary N) is 2. The van der Waals surface area contributed by atoms with Crippen LogP contribution in [0.5, 0.6) is 0 Å². The molecule has 1 unspecified atom stereocenters. The number of likely N-dealkylation sites (tertiary alicyclic amines) is 1. The molecular weight excluding hydrogens is 238 g/mol. The van der Waals surface area contributed by atoms with Gasteiger partial charge < -0.3 is 15.5 Å². The number of likely N-dealkylation sites (N-methyl/N-ethyl adjacent to an activating group) is 1. The van der Waals surface area contributed by atoms with Gasteiger partial charge in [-0.3, -0.25) is 4.79 Å². The smallest absolute Gasteiger partial charge is 0.224 e. The van der Waals surface area contributed by atoms with E-state index in [1.807, 2.05) is 31.2 Å². The number of hydrogen-bond donors (Lipinski definition) is 2. The maximum Gasteiger partial charge on any atom is 0.224 e. The largest absolute Gasteiger partial charge is 0.381 e. The van der Waals surface area contributed by atoms with E-state index in [0.29, 0.717) is 12.5 Å². The van der Waals surface area contributed by atoms with Crippen LogP contribution in [0.1, 0.15) is 26.2 Å². The van der Waals surface area contributed by atoms with Crippen molar-refractivity contribution in [1.29, 1.82) is 0 Å². The number of anilines is 2. The van der Waals surface area contributed by atoms with E-state index in [9.17, 15) is 4.79 Å². The first kappa shape index (κ1) is 13.9. The summed E-state index contributed by atoms with van der Waals surface area (Å²) >= 11 is 0. The van der Waals surface area contributed by atoms with Gasteiger partial charge in [0.25, 0.3) is 0 Å². The Morgan fingerprint density at radius 3 is 2.63 bits per heavy atom. The van der Waals surface area contributed by atoms with Crippen LogP contribution >= 0.6 is 0 Å². The van der Waals surface area contributed by atoms with Crippen molar-refractivity contribution in [2.24, 2.45) is 0 Å². The summed E-state index contributed by atoms with van der Waals surface area (Å²) in [5.41, 5.74) is 1.98. The number of piperidine rings is 1. The van der Waals surface area contributed by atoms with Gasteiger partial charge in [0.1, 0.15) is 0 Å². The zero-order chi connectivity index (χ0) is 13.7. The van der Waals surface area contributed by atoms with Gasteiger partial charge in [-0.15, -0.1) is 0 Å². The second-order valence-corrected chi connectivity index (χ2v) is 5.22. The van der Waals surface area contributed by atoms with E-state index in [1.165, 1.54) is 19.4 Å². The highest BCUT2D eigenvalue weighted by atomic mass is 16.1. The first-order valence-electron chi connectivity index (χ1n) is 7.02. The Bertz CT molecular complexity index is 416. The Kier molecular flexibility index (Phi) is 4.80. The van der Waals surface area contributed by atoms with Crippen molar-refractivity contribution in [1.82, 2.24) is 4.90 Å². The third-order valence-corrected chi connectivity index (χ3v) is 3.49. The second kappa shape index (κ2) is 6.57. The minimum absolute atomic E-state index is 0.0506. The van der Waals surface area contributed by atoms with E-state index in [1.54, 1.807) is 0 Å². The van der Waals surface area contributed by atoms with Gasteiger partial charge in [0.2, 0.25) is 5.91 Å². The van der Waals surface area contributed by atoms with Crippen molar-refractivity contribution in [3.63, 3.8) is 0 Å². The van der Waals surface area contributed by atoms with E-state index in [-0.39, 0.29) is 5.91 Å². The van der Waals surface area contributed by atoms with Gasteiger partial charge in [-0.25, -0.2) is 0 Å². The number of nitrogens with zero attached hydrogens (tertiary/aromatic N) is 1. The van der Waals surface area contributed by atoms with Crippen LogP contribution in [0.3, 0.4) is 0 Å². The molecule has 19 heavy (non-hydrogen) atoms. The molecule has 4 nitrogen and oxygen atoms in total. The molecule has 2 N–H and O–H groups in total. The fraction of sp³-hybridized carbons (Fsp3) is 0.533. The molecule has 0 radical (unpaired) electrons. The average Bonchev–Trinajstić information content (AvgIpc) is 2.41. The molecule has 1 aromatic carbocycles. The molecule has 1 aliphatic rings. The molecule has 0 aromatic heterocycles. The number of rotatable bonds is 4. The van der Waals surface area contributed by atoms with Crippen molar-refractivity contribution >= 4 is 17.3 Å². The molecule has 2 rings (SSSR count). The minimum atomic E-state index is 0.0506. The topological polar surface area (TPSA) is 44.4 Å². The summed E-state index contributed by atoms with van der Waals surface area (Å²) in [5.74, 6) is 0.0506. The van der Waals surface area contributed by atoms with E-state index >= 15 is 0 Å². The summed E-state index contributed by atoms with van der Waals surface area (Å²) in [5, 5.41) is 6.41. The van der Waals surface area contributed by atoms with Crippen molar-refractivity contribution in [3.8, 4) is 0 Å². The number of benzene rings is 1. The summed E-state index contributed by atoms with van der Waals surface area (Å²) in [4.78, 5) is 13.6. The third kappa shape index (κ3) is 4.24. The first-order valence-corrected chi connectivity index (χ1v) is 7.02. The molecule has 1 aliphatic heterocycles. The molecule has 4 heteroatoms. The number of hydrogen-bond acceptors (Lipinski definition) is 3. The van der Waals surface area contributed by atoms with E-state index in [2.05, 4.69) is 22.6 Å².